The minimum atomic E-state index is 0.169. The average molecular weight is 400 g/mol. The molecule has 1 aromatic heterocycles. The number of anilines is 1. The molecule has 3 aromatic rings. The number of aromatic nitrogens is 2. The van der Waals surface area contributed by atoms with Crippen LogP contribution in [-0.4, -0.2) is 23.1 Å². The van der Waals surface area contributed by atoms with Gasteiger partial charge in [0.1, 0.15) is 12.4 Å². The van der Waals surface area contributed by atoms with Crippen molar-refractivity contribution in [2.45, 2.75) is 45.1 Å². The molecule has 0 atom stereocenters. The van der Waals surface area contributed by atoms with Gasteiger partial charge in [-0.15, -0.1) is 0 Å². The standard InChI is InChI=1S/C26H29N3O/c1-19-4-6-21(7-5-19)26(13-3-14-26)22-8-10-24(11-9-22)30-18-23-12-15-27-25(28-23)29-16-20(2)17-29/h4-12,15,20H,3,13-14,16-18H2,1-2H3. The van der Waals surface area contributed by atoms with Crippen molar-refractivity contribution in [3.63, 3.8) is 0 Å². The second-order valence-electron chi connectivity index (χ2n) is 8.97. The van der Waals surface area contributed by atoms with Crippen LogP contribution in [0.3, 0.4) is 0 Å². The summed E-state index contributed by atoms with van der Waals surface area (Å²) in [6, 6.07) is 19.7. The Hall–Kier alpha value is -2.88. The Morgan fingerprint density at radius 3 is 2.23 bits per heavy atom. The first-order chi connectivity index (χ1) is 14.6. The molecule has 0 bridgehead atoms. The van der Waals surface area contributed by atoms with Crippen molar-refractivity contribution < 1.29 is 4.74 Å². The van der Waals surface area contributed by atoms with Crippen LogP contribution in [0.1, 0.15) is 48.6 Å². The van der Waals surface area contributed by atoms with E-state index < -0.39 is 0 Å². The number of hydrogen-bond donors (Lipinski definition) is 0. The predicted molar refractivity (Wildman–Crippen MR) is 120 cm³/mol. The molecule has 4 heteroatoms. The van der Waals surface area contributed by atoms with Crippen LogP contribution in [0.15, 0.2) is 60.8 Å². The Labute approximate surface area is 178 Å². The largest absolute Gasteiger partial charge is 0.487 e. The SMILES string of the molecule is Cc1ccc(C2(c3ccc(OCc4ccnc(N5CC(C)C5)n4)cc3)CCC2)cc1. The molecule has 0 unspecified atom stereocenters. The van der Waals surface area contributed by atoms with Crippen LogP contribution in [-0.2, 0) is 12.0 Å². The third-order valence-electron chi connectivity index (χ3n) is 6.65. The van der Waals surface area contributed by atoms with E-state index in [0.29, 0.717) is 6.61 Å². The van der Waals surface area contributed by atoms with Crippen LogP contribution in [0.2, 0.25) is 0 Å². The van der Waals surface area contributed by atoms with Crippen molar-refractivity contribution in [2.75, 3.05) is 18.0 Å². The molecule has 0 amide bonds. The average Bonchev–Trinajstić information content (AvgIpc) is 2.72. The highest BCUT2D eigenvalue weighted by Gasteiger charge is 2.40. The van der Waals surface area contributed by atoms with Crippen molar-refractivity contribution in [1.29, 1.82) is 0 Å². The van der Waals surface area contributed by atoms with E-state index >= 15 is 0 Å². The van der Waals surface area contributed by atoms with E-state index in [1.54, 1.807) is 0 Å². The van der Waals surface area contributed by atoms with Gasteiger partial charge >= 0.3 is 0 Å². The number of ether oxygens (including phenoxy) is 1. The maximum Gasteiger partial charge on any atom is 0.225 e. The Bertz CT molecular complexity index is 1000. The molecule has 0 spiro atoms. The van der Waals surface area contributed by atoms with Gasteiger partial charge in [0.05, 0.1) is 5.69 Å². The van der Waals surface area contributed by atoms with Crippen molar-refractivity contribution in [3.05, 3.63) is 83.2 Å². The lowest BCUT2D eigenvalue weighted by Gasteiger charge is -2.43. The van der Waals surface area contributed by atoms with Crippen LogP contribution in [0.5, 0.6) is 5.75 Å². The molecule has 1 aliphatic carbocycles. The second-order valence-corrected chi connectivity index (χ2v) is 8.97. The summed E-state index contributed by atoms with van der Waals surface area (Å²) >= 11 is 0. The van der Waals surface area contributed by atoms with Crippen LogP contribution in [0, 0.1) is 12.8 Å². The molecule has 1 aliphatic heterocycles. The minimum Gasteiger partial charge on any atom is -0.487 e. The maximum absolute atomic E-state index is 6.03. The van der Waals surface area contributed by atoms with Crippen LogP contribution in [0.25, 0.3) is 0 Å². The number of rotatable bonds is 6. The fourth-order valence-electron chi connectivity index (χ4n) is 4.65. The lowest BCUT2D eigenvalue weighted by Crippen LogP contribution is -2.46. The van der Waals surface area contributed by atoms with Gasteiger partial charge in [0.2, 0.25) is 5.95 Å². The first-order valence-corrected chi connectivity index (χ1v) is 11.0. The molecule has 4 nitrogen and oxygen atoms in total. The van der Waals surface area contributed by atoms with Gasteiger partial charge in [0.15, 0.2) is 0 Å². The molecule has 2 heterocycles. The van der Waals surface area contributed by atoms with Gasteiger partial charge in [0.25, 0.3) is 0 Å². The molecule has 1 saturated heterocycles. The van der Waals surface area contributed by atoms with Gasteiger partial charge in [0, 0.05) is 24.7 Å². The van der Waals surface area contributed by atoms with E-state index in [2.05, 4.69) is 77.2 Å². The van der Waals surface area contributed by atoms with Gasteiger partial charge in [-0.25, -0.2) is 9.97 Å². The molecule has 154 valence electrons. The molecule has 2 aliphatic rings. The highest BCUT2D eigenvalue weighted by atomic mass is 16.5. The van der Waals surface area contributed by atoms with Crippen LogP contribution in [0.4, 0.5) is 5.95 Å². The normalized spacial score (nSPS) is 17.9. The Morgan fingerprint density at radius 1 is 0.967 bits per heavy atom. The lowest BCUT2D eigenvalue weighted by molar-refractivity contribution is 0.294. The zero-order valence-electron chi connectivity index (χ0n) is 17.8. The number of nitrogens with zero attached hydrogens (tertiary/aromatic N) is 3. The van der Waals surface area contributed by atoms with Crippen LogP contribution >= 0.6 is 0 Å². The second kappa shape index (κ2) is 7.75. The first-order valence-electron chi connectivity index (χ1n) is 11.0. The zero-order valence-corrected chi connectivity index (χ0v) is 17.8. The molecule has 2 fully saturated rings. The summed E-state index contributed by atoms with van der Waals surface area (Å²) in [5.74, 6) is 2.43. The quantitative estimate of drug-likeness (QED) is 0.564. The van der Waals surface area contributed by atoms with Crippen molar-refractivity contribution in [2.24, 2.45) is 5.92 Å². The van der Waals surface area contributed by atoms with E-state index in [4.69, 9.17) is 4.74 Å². The maximum atomic E-state index is 6.03. The van der Waals surface area contributed by atoms with Gasteiger partial charge in [-0.05, 0) is 55.0 Å². The van der Waals surface area contributed by atoms with Gasteiger partial charge in [-0.1, -0.05) is 55.3 Å². The molecule has 0 N–H and O–H groups in total. The lowest BCUT2D eigenvalue weighted by atomic mass is 9.60. The fraction of sp³-hybridized carbons (Fsp3) is 0.385. The third kappa shape index (κ3) is 3.55. The van der Waals surface area contributed by atoms with E-state index in [1.807, 2.05) is 12.3 Å². The van der Waals surface area contributed by atoms with Crippen LogP contribution < -0.4 is 9.64 Å². The minimum absolute atomic E-state index is 0.169. The topological polar surface area (TPSA) is 38.2 Å². The first kappa shape index (κ1) is 19.1. The summed E-state index contributed by atoms with van der Waals surface area (Å²) in [6.07, 6.45) is 5.55. The Kier molecular flexibility index (Phi) is 4.93. The predicted octanol–water partition coefficient (Wildman–Crippen LogP) is 5.29. The molecule has 2 aromatic carbocycles. The van der Waals surface area contributed by atoms with E-state index in [-0.39, 0.29) is 5.41 Å². The number of aryl methyl sites for hydroxylation is 1. The summed E-state index contributed by atoms with van der Waals surface area (Å²) in [7, 11) is 0. The molecule has 30 heavy (non-hydrogen) atoms. The highest BCUT2D eigenvalue weighted by Crippen LogP contribution is 2.49. The van der Waals surface area contributed by atoms with Gasteiger partial charge < -0.3 is 9.64 Å². The summed E-state index contributed by atoms with van der Waals surface area (Å²) < 4.78 is 6.03. The van der Waals surface area contributed by atoms with Crippen molar-refractivity contribution in [1.82, 2.24) is 9.97 Å². The monoisotopic (exact) mass is 399 g/mol. The summed E-state index contributed by atoms with van der Waals surface area (Å²) in [5, 5.41) is 0. The molecule has 5 rings (SSSR count). The number of benzene rings is 2. The van der Waals surface area contributed by atoms with Crippen molar-refractivity contribution >= 4 is 5.95 Å². The molecule has 1 saturated carbocycles. The summed E-state index contributed by atoms with van der Waals surface area (Å²) in [6.45, 7) is 6.93. The molecule has 0 radical (unpaired) electrons. The van der Waals surface area contributed by atoms with Crippen molar-refractivity contribution in [3.8, 4) is 5.75 Å². The zero-order chi connectivity index (χ0) is 20.6. The van der Waals surface area contributed by atoms with Gasteiger partial charge in [-0.3, -0.25) is 0 Å². The summed E-state index contributed by atoms with van der Waals surface area (Å²) in [4.78, 5) is 11.3. The van der Waals surface area contributed by atoms with E-state index in [0.717, 1.165) is 36.4 Å². The molecular formula is C26H29N3O. The third-order valence-corrected chi connectivity index (χ3v) is 6.65. The van der Waals surface area contributed by atoms with E-state index in [9.17, 15) is 0 Å². The van der Waals surface area contributed by atoms with Gasteiger partial charge in [-0.2, -0.15) is 0 Å². The fourth-order valence-corrected chi connectivity index (χ4v) is 4.65. The highest BCUT2D eigenvalue weighted by molar-refractivity contribution is 5.44. The van der Waals surface area contributed by atoms with E-state index in [1.165, 1.54) is 36.0 Å². The smallest absolute Gasteiger partial charge is 0.225 e. The number of hydrogen-bond acceptors (Lipinski definition) is 4. The Balaban J connectivity index is 1.26. The molecular weight excluding hydrogens is 370 g/mol. The summed E-state index contributed by atoms with van der Waals surface area (Å²) in [5.41, 5.74) is 5.22. The Morgan fingerprint density at radius 2 is 1.63 bits per heavy atom.